The summed E-state index contributed by atoms with van der Waals surface area (Å²) in [5.41, 5.74) is 2.24. The lowest BCUT2D eigenvalue weighted by atomic mass is 10.2. The number of aromatic nitrogens is 2. The molecule has 2 rings (SSSR count). The number of aromatic amines is 1. The van der Waals surface area contributed by atoms with Crippen molar-refractivity contribution in [3.63, 3.8) is 0 Å². The smallest absolute Gasteiger partial charge is 0.268 e. The molecule has 2 aromatic rings. The third-order valence-corrected chi connectivity index (χ3v) is 2.09. The average Bonchev–Trinajstić information content (AvgIpc) is 2.68. The molecule has 2 heterocycles. The van der Waals surface area contributed by atoms with Crippen LogP contribution < -0.4 is 0 Å². The molecule has 0 aliphatic rings. The highest BCUT2D eigenvalue weighted by Gasteiger charge is 2.05. The molecular formula is C10H7ClN2O. The van der Waals surface area contributed by atoms with E-state index in [1.807, 2.05) is 18.2 Å². The Morgan fingerprint density at radius 2 is 1.93 bits per heavy atom. The van der Waals surface area contributed by atoms with Gasteiger partial charge in [0.05, 0.1) is 5.69 Å². The van der Waals surface area contributed by atoms with Gasteiger partial charge in [-0.2, -0.15) is 0 Å². The Morgan fingerprint density at radius 1 is 1.21 bits per heavy atom. The summed E-state index contributed by atoms with van der Waals surface area (Å²) < 4.78 is 0. The van der Waals surface area contributed by atoms with Crippen molar-refractivity contribution in [2.45, 2.75) is 0 Å². The summed E-state index contributed by atoms with van der Waals surface area (Å²) in [6.45, 7) is 0. The molecule has 0 aliphatic heterocycles. The van der Waals surface area contributed by atoms with E-state index in [0.717, 1.165) is 11.3 Å². The monoisotopic (exact) mass is 206 g/mol. The third-order valence-electron chi connectivity index (χ3n) is 1.89. The van der Waals surface area contributed by atoms with Gasteiger partial charge in [0.25, 0.3) is 5.24 Å². The zero-order chi connectivity index (χ0) is 9.97. The van der Waals surface area contributed by atoms with Crippen LogP contribution in [0.5, 0.6) is 0 Å². The summed E-state index contributed by atoms with van der Waals surface area (Å²) in [4.78, 5) is 17.6. The van der Waals surface area contributed by atoms with E-state index in [1.54, 1.807) is 18.5 Å². The Hall–Kier alpha value is -1.61. The van der Waals surface area contributed by atoms with Crippen LogP contribution in [0, 0.1) is 0 Å². The Labute approximate surface area is 85.7 Å². The summed E-state index contributed by atoms with van der Waals surface area (Å²) in [5.74, 6) is 0. The van der Waals surface area contributed by atoms with Gasteiger partial charge in [0.15, 0.2) is 0 Å². The van der Waals surface area contributed by atoms with E-state index in [1.165, 1.54) is 0 Å². The van der Waals surface area contributed by atoms with Gasteiger partial charge >= 0.3 is 0 Å². The zero-order valence-corrected chi connectivity index (χ0v) is 7.95. The van der Waals surface area contributed by atoms with Crippen molar-refractivity contribution in [2.75, 3.05) is 0 Å². The number of carbonyl (C=O) groups is 1. The lowest BCUT2D eigenvalue weighted by molar-refractivity contribution is 0.107. The number of rotatable bonds is 2. The molecular weight excluding hydrogens is 200 g/mol. The van der Waals surface area contributed by atoms with Crippen LogP contribution in [0.4, 0.5) is 0 Å². The maximum absolute atomic E-state index is 10.8. The fourth-order valence-corrected chi connectivity index (χ4v) is 1.32. The van der Waals surface area contributed by atoms with Crippen LogP contribution >= 0.6 is 11.6 Å². The third kappa shape index (κ3) is 1.67. The Bertz CT molecular complexity index is 450. The topological polar surface area (TPSA) is 45.8 Å². The molecule has 3 nitrogen and oxygen atoms in total. The van der Waals surface area contributed by atoms with Crippen LogP contribution in [-0.2, 0) is 0 Å². The minimum absolute atomic E-state index is 0.401. The van der Waals surface area contributed by atoms with E-state index in [2.05, 4.69) is 9.97 Å². The van der Waals surface area contributed by atoms with Crippen molar-refractivity contribution in [2.24, 2.45) is 0 Å². The molecule has 0 spiro atoms. The number of hydrogen-bond acceptors (Lipinski definition) is 2. The molecule has 0 saturated carbocycles. The number of nitrogens with zero attached hydrogens (tertiary/aromatic N) is 1. The average molecular weight is 207 g/mol. The second kappa shape index (κ2) is 3.64. The van der Waals surface area contributed by atoms with Crippen molar-refractivity contribution in [3.05, 3.63) is 42.4 Å². The van der Waals surface area contributed by atoms with Gasteiger partial charge in [0.2, 0.25) is 0 Å². The first-order chi connectivity index (χ1) is 6.77. The van der Waals surface area contributed by atoms with E-state index in [9.17, 15) is 4.79 Å². The molecule has 14 heavy (non-hydrogen) atoms. The Morgan fingerprint density at radius 3 is 2.50 bits per heavy atom. The van der Waals surface area contributed by atoms with Crippen molar-refractivity contribution >= 4 is 16.8 Å². The fraction of sp³-hybridized carbons (Fsp3) is 0. The maximum Gasteiger partial charge on any atom is 0.268 e. The van der Waals surface area contributed by atoms with Crippen molar-refractivity contribution in [1.29, 1.82) is 0 Å². The van der Waals surface area contributed by atoms with Crippen molar-refractivity contribution in [1.82, 2.24) is 9.97 Å². The standard InChI is InChI=1S/C10H7ClN2O/c11-10(14)9-2-1-8(13-9)7-3-5-12-6-4-7/h1-6,13H. The molecule has 0 bridgehead atoms. The molecule has 1 N–H and O–H groups in total. The maximum atomic E-state index is 10.8. The van der Waals surface area contributed by atoms with E-state index < -0.39 is 5.24 Å². The fourth-order valence-electron chi connectivity index (χ4n) is 1.21. The Balaban J connectivity index is 2.39. The highest BCUT2D eigenvalue weighted by molar-refractivity contribution is 6.67. The molecule has 0 amide bonds. The highest BCUT2D eigenvalue weighted by Crippen LogP contribution is 2.17. The van der Waals surface area contributed by atoms with Gasteiger partial charge in [0, 0.05) is 23.7 Å². The van der Waals surface area contributed by atoms with Gasteiger partial charge in [-0.1, -0.05) is 0 Å². The first-order valence-corrected chi connectivity index (χ1v) is 4.44. The van der Waals surface area contributed by atoms with Crippen LogP contribution in [0.2, 0.25) is 0 Å². The summed E-state index contributed by atoms with van der Waals surface area (Å²) in [5, 5.41) is -0.481. The van der Waals surface area contributed by atoms with Gasteiger partial charge in [-0.3, -0.25) is 9.78 Å². The van der Waals surface area contributed by atoms with Gasteiger partial charge < -0.3 is 4.98 Å². The number of hydrogen-bond donors (Lipinski definition) is 1. The highest BCUT2D eigenvalue weighted by atomic mass is 35.5. The van der Waals surface area contributed by atoms with Gasteiger partial charge in [0.1, 0.15) is 0 Å². The van der Waals surface area contributed by atoms with Gasteiger partial charge in [-0.05, 0) is 35.9 Å². The number of nitrogens with one attached hydrogen (secondary N) is 1. The zero-order valence-electron chi connectivity index (χ0n) is 7.20. The molecule has 0 fully saturated rings. The second-order valence-electron chi connectivity index (χ2n) is 2.80. The van der Waals surface area contributed by atoms with Crippen LogP contribution in [0.1, 0.15) is 10.5 Å². The van der Waals surface area contributed by atoms with E-state index in [0.29, 0.717) is 5.69 Å². The predicted octanol–water partition coefficient (Wildman–Crippen LogP) is 2.46. The lowest BCUT2D eigenvalue weighted by Gasteiger charge is -1.95. The minimum atomic E-state index is -0.481. The van der Waals surface area contributed by atoms with Crippen LogP contribution in [0.3, 0.4) is 0 Å². The van der Waals surface area contributed by atoms with E-state index >= 15 is 0 Å². The Kier molecular flexibility index (Phi) is 2.33. The van der Waals surface area contributed by atoms with Crippen LogP contribution in [0.15, 0.2) is 36.7 Å². The molecule has 0 unspecified atom stereocenters. The van der Waals surface area contributed by atoms with Gasteiger partial charge in [-0.25, -0.2) is 0 Å². The number of H-pyrrole nitrogens is 1. The number of halogens is 1. The normalized spacial score (nSPS) is 10.1. The summed E-state index contributed by atoms with van der Waals surface area (Å²) in [6, 6.07) is 7.18. The van der Waals surface area contributed by atoms with Crippen LogP contribution in [0.25, 0.3) is 11.3 Å². The van der Waals surface area contributed by atoms with Crippen molar-refractivity contribution in [3.8, 4) is 11.3 Å². The largest absolute Gasteiger partial charge is 0.351 e. The number of pyridine rings is 1. The second-order valence-corrected chi connectivity index (χ2v) is 3.14. The van der Waals surface area contributed by atoms with E-state index in [4.69, 9.17) is 11.6 Å². The molecule has 0 aliphatic carbocycles. The first kappa shape index (κ1) is 8.97. The molecule has 0 saturated heterocycles. The van der Waals surface area contributed by atoms with Gasteiger partial charge in [-0.15, -0.1) is 0 Å². The predicted molar refractivity (Wildman–Crippen MR) is 54.2 cm³/mol. The molecule has 0 radical (unpaired) electrons. The number of carbonyl (C=O) groups excluding carboxylic acids is 1. The summed E-state index contributed by atoms with van der Waals surface area (Å²) >= 11 is 5.32. The summed E-state index contributed by atoms with van der Waals surface area (Å²) in [6.07, 6.45) is 3.39. The molecule has 4 heteroatoms. The molecule has 2 aromatic heterocycles. The lowest BCUT2D eigenvalue weighted by Crippen LogP contribution is -1.87. The van der Waals surface area contributed by atoms with Crippen LogP contribution in [-0.4, -0.2) is 15.2 Å². The molecule has 0 aromatic carbocycles. The van der Waals surface area contributed by atoms with Crippen molar-refractivity contribution < 1.29 is 4.79 Å². The minimum Gasteiger partial charge on any atom is -0.351 e. The quantitative estimate of drug-likeness (QED) is 0.768. The van der Waals surface area contributed by atoms with E-state index in [-0.39, 0.29) is 0 Å². The summed E-state index contributed by atoms with van der Waals surface area (Å²) in [7, 11) is 0. The SMILES string of the molecule is O=C(Cl)c1ccc(-c2ccncc2)[nH]1. The molecule has 70 valence electrons. The first-order valence-electron chi connectivity index (χ1n) is 4.06. The molecule has 0 atom stereocenters.